The van der Waals surface area contributed by atoms with E-state index in [0.717, 1.165) is 0 Å². The van der Waals surface area contributed by atoms with Crippen molar-refractivity contribution in [2.45, 2.75) is 24.9 Å². The zero-order valence-corrected chi connectivity index (χ0v) is 9.27. The molecule has 2 heterocycles. The van der Waals surface area contributed by atoms with Crippen LogP contribution in [-0.4, -0.2) is 25.8 Å². The Morgan fingerprint density at radius 1 is 1.40 bits per heavy atom. The van der Waals surface area contributed by atoms with Crippen molar-refractivity contribution < 1.29 is 8.42 Å². The summed E-state index contributed by atoms with van der Waals surface area (Å²) in [7, 11) is -3.59. The van der Waals surface area contributed by atoms with Crippen LogP contribution in [-0.2, 0) is 10.0 Å². The number of anilines is 1. The van der Waals surface area contributed by atoms with E-state index in [1.165, 1.54) is 12.5 Å². The molecule has 0 N–H and O–H groups in total. The van der Waals surface area contributed by atoms with Crippen LogP contribution in [0.2, 0.25) is 0 Å². The number of nitrogens with zero attached hydrogens (tertiary/aromatic N) is 3. The molecule has 1 aromatic heterocycles. The van der Waals surface area contributed by atoms with E-state index in [9.17, 15) is 8.42 Å². The number of hydrogen-bond donors (Lipinski definition) is 0. The van der Waals surface area contributed by atoms with Gasteiger partial charge < -0.3 is 4.90 Å². The minimum absolute atomic E-state index is 0.0289. The maximum absolute atomic E-state index is 11.6. The predicted octanol–water partition coefficient (Wildman–Crippen LogP) is 1.03. The number of aromatic nitrogens is 1. The lowest BCUT2D eigenvalue weighted by Gasteiger charge is -2.27. The van der Waals surface area contributed by atoms with Crippen molar-refractivity contribution in [2.24, 2.45) is 4.40 Å². The third kappa shape index (κ3) is 1.61. The lowest BCUT2D eigenvalue weighted by atomic mass is 10.3. The van der Waals surface area contributed by atoms with Crippen LogP contribution < -0.4 is 4.90 Å². The zero-order valence-electron chi connectivity index (χ0n) is 8.45. The van der Waals surface area contributed by atoms with E-state index in [4.69, 9.17) is 0 Å². The van der Waals surface area contributed by atoms with Crippen molar-refractivity contribution in [3.63, 3.8) is 0 Å². The normalized spacial score (nSPS) is 17.9. The molecule has 1 aromatic rings. The first-order valence-electron chi connectivity index (χ1n) is 4.56. The van der Waals surface area contributed by atoms with E-state index >= 15 is 0 Å². The molecule has 0 aliphatic carbocycles. The summed E-state index contributed by atoms with van der Waals surface area (Å²) in [5.74, 6) is 0. The van der Waals surface area contributed by atoms with Gasteiger partial charge in [0, 0.05) is 12.2 Å². The summed E-state index contributed by atoms with van der Waals surface area (Å²) in [6, 6.07) is 3.58. The van der Waals surface area contributed by atoms with Gasteiger partial charge in [0.2, 0.25) is 5.03 Å². The Bertz CT molecular complexity index is 508. The van der Waals surface area contributed by atoms with Gasteiger partial charge in [-0.3, -0.25) is 0 Å². The van der Waals surface area contributed by atoms with Crippen molar-refractivity contribution in [3.05, 3.63) is 18.3 Å². The summed E-state index contributed by atoms with van der Waals surface area (Å²) in [4.78, 5) is 5.64. The molecule has 0 bridgehead atoms. The third-order valence-electron chi connectivity index (χ3n) is 2.14. The van der Waals surface area contributed by atoms with Crippen LogP contribution in [0, 0.1) is 0 Å². The molecule has 0 radical (unpaired) electrons. The van der Waals surface area contributed by atoms with Gasteiger partial charge in [0.15, 0.2) is 0 Å². The van der Waals surface area contributed by atoms with Gasteiger partial charge in [-0.25, -0.2) is 4.98 Å². The third-order valence-corrected chi connectivity index (χ3v) is 3.32. The molecule has 0 saturated carbocycles. The highest BCUT2D eigenvalue weighted by atomic mass is 32.2. The van der Waals surface area contributed by atoms with Crippen LogP contribution in [0.4, 0.5) is 5.69 Å². The average Bonchev–Trinajstić information content (AvgIpc) is 2.17. The fraction of sp³-hybridized carbons (Fsp3) is 0.333. The second kappa shape index (κ2) is 3.30. The van der Waals surface area contributed by atoms with Crippen molar-refractivity contribution in [1.82, 2.24) is 4.98 Å². The van der Waals surface area contributed by atoms with Crippen LogP contribution in [0.5, 0.6) is 0 Å². The Morgan fingerprint density at radius 3 is 2.80 bits per heavy atom. The molecular formula is C9H11N3O2S. The van der Waals surface area contributed by atoms with E-state index in [1.54, 1.807) is 17.0 Å². The van der Waals surface area contributed by atoms with Gasteiger partial charge in [-0.2, -0.15) is 8.42 Å². The maximum atomic E-state index is 11.6. The summed E-state index contributed by atoms with van der Waals surface area (Å²) in [6.45, 7) is 3.92. The van der Waals surface area contributed by atoms with Crippen molar-refractivity contribution in [1.29, 1.82) is 0 Å². The SMILES string of the molecule is CC(C)N1C=NS(=O)(=O)c2ncccc21. The van der Waals surface area contributed by atoms with Gasteiger partial charge >= 0.3 is 10.0 Å². The fourth-order valence-corrected chi connectivity index (χ4v) is 2.37. The standard InChI is InChI=1S/C9H11N3O2S/c1-7(2)12-6-11-15(13,14)9-8(12)4-3-5-10-9/h3-7H,1-2H3. The first kappa shape index (κ1) is 10.1. The molecule has 0 amide bonds. The van der Waals surface area contributed by atoms with Crippen LogP contribution in [0.3, 0.4) is 0 Å². The van der Waals surface area contributed by atoms with Crippen LogP contribution in [0.1, 0.15) is 13.8 Å². The van der Waals surface area contributed by atoms with Crippen LogP contribution in [0.15, 0.2) is 27.8 Å². The molecule has 1 aliphatic rings. The molecule has 5 nitrogen and oxygen atoms in total. The second-order valence-corrected chi connectivity index (χ2v) is 5.07. The summed E-state index contributed by atoms with van der Waals surface area (Å²) >= 11 is 0. The zero-order chi connectivity index (χ0) is 11.1. The molecule has 2 rings (SSSR count). The molecule has 0 spiro atoms. The quantitative estimate of drug-likeness (QED) is 0.716. The molecule has 80 valence electrons. The van der Waals surface area contributed by atoms with Gasteiger partial charge in [-0.15, -0.1) is 4.40 Å². The van der Waals surface area contributed by atoms with Crippen molar-refractivity contribution >= 4 is 22.0 Å². The molecule has 0 unspecified atom stereocenters. The number of pyridine rings is 1. The molecule has 0 aromatic carbocycles. The molecule has 1 aliphatic heterocycles. The number of rotatable bonds is 1. The fourth-order valence-electron chi connectivity index (χ4n) is 1.41. The van der Waals surface area contributed by atoms with E-state index in [1.807, 2.05) is 13.8 Å². The Hall–Kier alpha value is -1.43. The monoisotopic (exact) mass is 225 g/mol. The summed E-state index contributed by atoms with van der Waals surface area (Å²) in [6.07, 6.45) is 2.79. The Balaban J connectivity index is 2.65. The van der Waals surface area contributed by atoms with Crippen molar-refractivity contribution in [3.8, 4) is 0 Å². The minimum Gasteiger partial charge on any atom is -0.327 e. The molecule has 15 heavy (non-hydrogen) atoms. The van der Waals surface area contributed by atoms with Gasteiger partial charge in [-0.05, 0) is 26.0 Å². The van der Waals surface area contributed by atoms with E-state index in [-0.39, 0.29) is 11.1 Å². The molecule has 6 heteroatoms. The van der Waals surface area contributed by atoms with E-state index in [2.05, 4.69) is 9.38 Å². The number of hydrogen-bond acceptors (Lipinski definition) is 4. The van der Waals surface area contributed by atoms with Gasteiger partial charge in [0.05, 0.1) is 5.69 Å². The Morgan fingerprint density at radius 2 is 2.13 bits per heavy atom. The lowest BCUT2D eigenvalue weighted by molar-refractivity contribution is 0.592. The topological polar surface area (TPSA) is 62.6 Å². The molecule has 0 saturated heterocycles. The average molecular weight is 225 g/mol. The van der Waals surface area contributed by atoms with Gasteiger partial charge in [0.25, 0.3) is 0 Å². The Labute approximate surface area is 88.5 Å². The first-order chi connectivity index (χ1) is 7.02. The van der Waals surface area contributed by atoms with Crippen LogP contribution in [0.25, 0.3) is 0 Å². The van der Waals surface area contributed by atoms with Crippen molar-refractivity contribution in [2.75, 3.05) is 4.90 Å². The number of sulfonamides is 1. The predicted molar refractivity (Wildman–Crippen MR) is 57.5 cm³/mol. The highest BCUT2D eigenvalue weighted by Gasteiger charge is 2.27. The lowest BCUT2D eigenvalue weighted by Crippen LogP contribution is -2.33. The summed E-state index contributed by atoms with van der Waals surface area (Å²) in [5.41, 5.74) is 0.586. The first-order valence-corrected chi connectivity index (χ1v) is 6.00. The largest absolute Gasteiger partial charge is 0.327 e. The highest BCUT2D eigenvalue weighted by molar-refractivity contribution is 7.90. The van der Waals surface area contributed by atoms with Gasteiger partial charge in [0.1, 0.15) is 6.34 Å². The maximum Gasteiger partial charge on any atom is 0.303 e. The van der Waals surface area contributed by atoms with E-state index in [0.29, 0.717) is 5.69 Å². The smallest absolute Gasteiger partial charge is 0.303 e. The summed E-state index contributed by atoms with van der Waals surface area (Å²) < 4.78 is 26.6. The highest BCUT2D eigenvalue weighted by Crippen LogP contribution is 2.28. The molecular weight excluding hydrogens is 214 g/mol. The Kier molecular flexibility index (Phi) is 2.22. The van der Waals surface area contributed by atoms with Crippen LogP contribution >= 0.6 is 0 Å². The minimum atomic E-state index is -3.59. The molecule has 0 atom stereocenters. The second-order valence-electron chi connectivity index (χ2n) is 3.52. The van der Waals surface area contributed by atoms with Gasteiger partial charge in [-0.1, -0.05) is 0 Å². The molecule has 0 fully saturated rings. The van der Waals surface area contributed by atoms with E-state index < -0.39 is 10.0 Å². The summed E-state index contributed by atoms with van der Waals surface area (Å²) in [5, 5.41) is 0.0289. The number of fused-ring (bicyclic) bond motifs is 1.